The first-order valence-corrected chi connectivity index (χ1v) is 17.2. The Hall–Kier alpha value is -6.30. The van der Waals surface area contributed by atoms with Crippen LogP contribution in [0.3, 0.4) is 0 Å². The van der Waals surface area contributed by atoms with E-state index in [4.69, 9.17) is 14.4 Å². The quantitative estimate of drug-likeness (QED) is 0.192. The summed E-state index contributed by atoms with van der Waals surface area (Å²) in [5, 5.41) is 9.23. The van der Waals surface area contributed by atoms with Crippen molar-refractivity contribution in [1.29, 1.82) is 0 Å². The zero-order valence-electron chi connectivity index (χ0n) is 26.1. The van der Waals surface area contributed by atoms with Crippen molar-refractivity contribution >= 4 is 86.2 Å². The van der Waals surface area contributed by atoms with Gasteiger partial charge in [0.15, 0.2) is 11.6 Å². The first-order valence-electron chi connectivity index (χ1n) is 16.4. The van der Waals surface area contributed by atoms with Crippen LogP contribution in [0, 0.1) is 0 Å². The molecule has 0 saturated heterocycles. The van der Waals surface area contributed by atoms with Gasteiger partial charge in [-0.1, -0.05) is 115 Å². The predicted octanol–water partition coefficient (Wildman–Crippen LogP) is 12.3. The summed E-state index contributed by atoms with van der Waals surface area (Å²) in [5.41, 5.74) is 6.83. The second-order valence-corrected chi connectivity index (χ2v) is 13.6. The zero-order chi connectivity index (χ0) is 32.1. The maximum Gasteiger partial charge on any atom is 0.233 e. The number of hydrogen-bond donors (Lipinski definition) is 0. The van der Waals surface area contributed by atoms with Crippen LogP contribution in [0.5, 0.6) is 0 Å². The van der Waals surface area contributed by atoms with Gasteiger partial charge in [0.25, 0.3) is 0 Å². The number of aromatic nitrogens is 3. The van der Waals surface area contributed by atoms with E-state index < -0.39 is 0 Å². The van der Waals surface area contributed by atoms with E-state index in [0.29, 0.717) is 11.5 Å². The maximum absolute atomic E-state index is 6.61. The average Bonchev–Trinajstić information content (AvgIpc) is 3.83. The summed E-state index contributed by atoms with van der Waals surface area (Å²) in [6.07, 6.45) is 0. The minimum atomic E-state index is 0.572. The van der Waals surface area contributed by atoms with Gasteiger partial charge < -0.3 is 4.42 Å². The smallest absolute Gasteiger partial charge is 0.233 e. The Balaban J connectivity index is 1.26. The second kappa shape index (κ2) is 10.1. The SMILES string of the molecule is c1ccc(-c2nc(-n3c4ccccc4c4cc5ccccc5cc43)c3c(n2)oc2ccc(-c4cccc5c4sc4ccccc45)cc23)cc1. The van der Waals surface area contributed by atoms with Crippen LogP contribution in [-0.2, 0) is 0 Å². The molecule has 0 atom stereocenters. The minimum Gasteiger partial charge on any atom is -0.437 e. The summed E-state index contributed by atoms with van der Waals surface area (Å²) in [6.45, 7) is 0. The highest BCUT2D eigenvalue weighted by atomic mass is 32.1. The molecule has 0 radical (unpaired) electrons. The van der Waals surface area contributed by atoms with Crippen LogP contribution in [0.25, 0.3) is 103 Å². The summed E-state index contributed by atoms with van der Waals surface area (Å²) < 4.78 is 11.5. The molecule has 0 unspecified atom stereocenters. The molecule has 7 aromatic carbocycles. The Morgan fingerprint density at radius 2 is 1.27 bits per heavy atom. The van der Waals surface area contributed by atoms with Gasteiger partial charge in [-0.05, 0) is 58.3 Å². The third-order valence-corrected chi connectivity index (χ3v) is 11.0. The van der Waals surface area contributed by atoms with E-state index in [1.54, 1.807) is 0 Å². The van der Waals surface area contributed by atoms with Crippen LogP contribution in [0.1, 0.15) is 0 Å². The standard InChI is InChI=1S/C44H25N3OS/c1-2-11-26(12-3-1)42-45-43(47-36-19-8-6-15-31(36)34-23-27-13-4-5-14-28(27)25-37(34)47)40-35-24-29(21-22-38(35)48-44(40)46-42)30-17-10-18-33-32-16-7-9-20-39(32)49-41(30)33/h1-25H. The van der Waals surface area contributed by atoms with Gasteiger partial charge in [0.2, 0.25) is 5.71 Å². The highest BCUT2D eigenvalue weighted by molar-refractivity contribution is 7.26. The van der Waals surface area contributed by atoms with Crippen molar-refractivity contribution in [2.45, 2.75) is 0 Å². The van der Waals surface area contributed by atoms with Crippen molar-refractivity contribution in [2.75, 3.05) is 0 Å². The molecule has 0 aliphatic heterocycles. The third-order valence-electron chi connectivity index (χ3n) is 9.81. The first-order chi connectivity index (χ1) is 24.3. The highest BCUT2D eigenvalue weighted by Crippen LogP contribution is 2.43. The van der Waals surface area contributed by atoms with Crippen LogP contribution in [-0.4, -0.2) is 14.5 Å². The minimum absolute atomic E-state index is 0.572. The van der Waals surface area contributed by atoms with Gasteiger partial charge in [-0.2, -0.15) is 4.98 Å². The van der Waals surface area contributed by atoms with Crippen molar-refractivity contribution in [1.82, 2.24) is 14.5 Å². The van der Waals surface area contributed by atoms with Crippen molar-refractivity contribution in [2.24, 2.45) is 0 Å². The number of rotatable bonds is 3. The molecular weight excluding hydrogens is 619 g/mol. The van der Waals surface area contributed by atoms with Gasteiger partial charge in [-0.15, -0.1) is 11.3 Å². The molecular formula is C44H25N3OS. The fourth-order valence-corrected chi connectivity index (χ4v) is 8.80. The molecule has 0 aliphatic rings. The molecule has 4 aromatic heterocycles. The molecule has 11 aromatic rings. The number of fused-ring (bicyclic) bond motifs is 10. The monoisotopic (exact) mass is 643 g/mol. The van der Waals surface area contributed by atoms with Crippen LogP contribution in [0.15, 0.2) is 156 Å². The molecule has 0 bridgehead atoms. The predicted molar refractivity (Wildman–Crippen MR) is 205 cm³/mol. The Labute approximate surface area is 284 Å². The summed E-state index contributed by atoms with van der Waals surface area (Å²) in [6, 6.07) is 53.7. The Kier molecular flexibility index (Phi) is 5.51. The van der Waals surface area contributed by atoms with Gasteiger partial charge >= 0.3 is 0 Å². The number of furan rings is 1. The molecule has 49 heavy (non-hydrogen) atoms. The van der Waals surface area contributed by atoms with E-state index in [-0.39, 0.29) is 0 Å². The van der Waals surface area contributed by atoms with Gasteiger partial charge in [0.1, 0.15) is 5.58 Å². The van der Waals surface area contributed by atoms with Gasteiger partial charge in [0.05, 0.1) is 16.4 Å². The van der Waals surface area contributed by atoms with Gasteiger partial charge in [-0.3, -0.25) is 4.57 Å². The molecule has 0 saturated carbocycles. The summed E-state index contributed by atoms with van der Waals surface area (Å²) in [7, 11) is 0. The summed E-state index contributed by atoms with van der Waals surface area (Å²) in [5.74, 6) is 1.44. The molecule has 4 nitrogen and oxygen atoms in total. The maximum atomic E-state index is 6.61. The van der Waals surface area contributed by atoms with Gasteiger partial charge in [0, 0.05) is 41.9 Å². The number of para-hydroxylation sites is 1. The van der Waals surface area contributed by atoms with E-state index in [2.05, 4.69) is 138 Å². The van der Waals surface area contributed by atoms with Crippen molar-refractivity contribution in [3.05, 3.63) is 152 Å². The lowest BCUT2D eigenvalue weighted by Crippen LogP contribution is -2.02. The lowest BCUT2D eigenvalue weighted by molar-refractivity contribution is 0.653. The Bertz CT molecular complexity index is 3110. The molecule has 228 valence electrons. The highest BCUT2D eigenvalue weighted by Gasteiger charge is 2.23. The number of hydrogen-bond acceptors (Lipinski definition) is 4. The fraction of sp³-hybridized carbons (Fsp3) is 0. The summed E-state index contributed by atoms with van der Waals surface area (Å²) in [4.78, 5) is 10.4. The zero-order valence-corrected chi connectivity index (χ0v) is 26.9. The molecule has 4 heterocycles. The Morgan fingerprint density at radius 3 is 2.16 bits per heavy atom. The third kappa shape index (κ3) is 3.91. The molecule has 5 heteroatoms. The Morgan fingerprint density at radius 1 is 0.510 bits per heavy atom. The van der Waals surface area contributed by atoms with Crippen LogP contribution in [0.4, 0.5) is 0 Å². The van der Waals surface area contributed by atoms with Crippen LogP contribution >= 0.6 is 11.3 Å². The van der Waals surface area contributed by atoms with E-state index in [9.17, 15) is 0 Å². The van der Waals surface area contributed by atoms with E-state index >= 15 is 0 Å². The first kappa shape index (κ1) is 26.7. The molecule has 0 spiro atoms. The number of benzene rings is 7. The lowest BCUT2D eigenvalue weighted by atomic mass is 10.0. The normalized spacial score (nSPS) is 12.1. The van der Waals surface area contributed by atoms with Crippen LogP contribution in [0.2, 0.25) is 0 Å². The van der Waals surface area contributed by atoms with Crippen molar-refractivity contribution < 1.29 is 4.42 Å². The second-order valence-electron chi connectivity index (χ2n) is 12.6. The van der Waals surface area contributed by atoms with E-state index in [1.165, 1.54) is 47.3 Å². The van der Waals surface area contributed by atoms with Crippen molar-refractivity contribution in [3.8, 4) is 28.3 Å². The molecule has 0 aliphatic carbocycles. The largest absolute Gasteiger partial charge is 0.437 e. The van der Waals surface area contributed by atoms with E-state index in [1.807, 2.05) is 29.5 Å². The van der Waals surface area contributed by atoms with Crippen molar-refractivity contribution in [3.63, 3.8) is 0 Å². The molecule has 0 amide bonds. The van der Waals surface area contributed by atoms with Crippen LogP contribution < -0.4 is 0 Å². The van der Waals surface area contributed by atoms with Gasteiger partial charge in [-0.25, -0.2) is 4.98 Å². The number of thiophene rings is 1. The topological polar surface area (TPSA) is 43.9 Å². The number of nitrogens with zero attached hydrogens (tertiary/aromatic N) is 3. The fourth-order valence-electron chi connectivity index (χ4n) is 7.56. The lowest BCUT2D eigenvalue weighted by Gasteiger charge is -2.11. The van der Waals surface area contributed by atoms with E-state index in [0.717, 1.165) is 44.3 Å². The molecule has 11 rings (SSSR count). The average molecular weight is 644 g/mol. The summed E-state index contributed by atoms with van der Waals surface area (Å²) >= 11 is 1.85. The molecule has 0 fully saturated rings. The molecule has 0 N–H and O–H groups in total.